The summed E-state index contributed by atoms with van der Waals surface area (Å²) in [7, 11) is 0. The van der Waals surface area contributed by atoms with Gasteiger partial charge in [-0.05, 0) is 64.4 Å². The van der Waals surface area contributed by atoms with Crippen LogP contribution in [0.5, 0.6) is 0 Å². The lowest BCUT2D eigenvalue weighted by Crippen LogP contribution is -2.48. The van der Waals surface area contributed by atoms with Crippen molar-refractivity contribution in [2.75, 3.05) is 5.32 Å². The molecule has 7 heteroatoms. The van der Waals surface area contributed by atoms with Crippen LogP contribution in [0.2, 0.25) is 0 Å². The van der Waals surface area contributed by atoms with Gasteiger partial charge in [-0.1, -0.05) is 56.5 Å². The molecule has 1 saturated carbocycles. The lowest BCUT2D eigenvalue weighted by molar-refractivity contribution is -0.135. The van der Waals surface area contributed by atoms with Crippen LogP contribution in [0, 0.1) is 5.92 Å². The number of nitrogens with one attached hydrogen (secondary N) is 2. The minimum absolute atomic E-state index is 0.0273. The van der Waals surface area contributed by atoms with E-state index in [1.54, 1.807) is 6.92 Å². The Bertz CT molecular complexity index is 958. The number of benzene rings is 1. The van der Waals surface area contributed by atoms with Crippen molar-refractivity contribution in [3.05, 3.63) is 47.7 Å². The summed E-state index contributed by atoms with van der Waals surface area (Å²) in [5.74, 6) is 0.0447. The number of nitrogens with zero attached hydrogens (tertiary/aromatic N) is 2. The Morgan fingerprint density at radius 2 is 1.74 bits per heavy atom. The van der Waals surface area contributed by atoms with Crippen LogP contribution in [0.1, 0.15) is 83.9 Å². The summed E-state index contributed by atoms with van der Waals surface area (Å²) >= 11 is 0. The monoisotopic (exact) mass is 468 g/mol. The molecule has 1 aromatic carbocycles. The molecular weight excluding hydrogens is 428 g/mol. The number of anilines is 1. The van der Waals surface area contributed by atoms with Crippen molar-refractivity contribution in [2.24, 2.45) is 5.92 Å². The Morgan fingerprint density at radius 3 is 2.35 bits per heavy atom. The number of aliphatic hydroxyl groups excluding tert-OH is 1. The summed E-state index contributed by atoms with van der Waals surface area (Å²) in [6.07, 6.45) is 4.60. The minimum atomic E-state index is -1.07. The van der Waals surface area contributed by atoms with Crippen LogP contribution in [-0.2, 0) is 21.5 Å². The van der Waals surface area contributed by atoms with Crippen LogP contribution >= 0.6 is 0 Å². The average molecular weight is 469 g/mol. The summed E-state index contributed by atoms with van der Waals surface area (Å²) in [6.45, 7) is 9.90. The fraction of sp³-hybridized carbons (Fsp3) is 0.593. The first-order valence-corrected chi connectivity index (χ1v) is 12.5. The number of carbonyl (C=O) groups excluding carboxylic acids is 2. The van der Waals surface area contributed by atoms with Gasteiger partial charge in [-0.3, -0.25) is 9.59 Å². The van der Waals surface area contributed by atoms with Gasteiger partial charge < -0.3 is 15.7 Å². The zero-order chi connectivity index (χ0) is 24.9. The molecule has 34 heavy (non-hydrogen) atoms. The molecule has 7 nitrogen and oxygen atoms in total. The highest BCUT2D eigenvalue weighted by Crippen LogP contribution is 2.27. The third-order valence-corrected chi connectivity index (χ3v) is 6.65. The molecule has 0 saturated heterocycles. The van der Waals surface area contributed by atoms with Gasteiger partial charge in [0.15, 0.2) is 0 Å². The molecule has 2 amide bonds. The summed E-state index contributed by atoms with van der Waals surface area (Å²) in [6, 6.07) is 11.4. The molecule has 186 valence electrons. The molecule has 3 unspecified atom stereocenters. The van der Waals surface area contributed by atoms with Crippen LogP contribution in [0.15, 0.2) is 36.4 Å². The Hall–Kier alpha value is -2.67. The van der Waals surface area contributed by atoms with E-state index >= 15 is 0 Å². The molecule has 3 N–H and O–H groups in total. The molecule has 1 aromatic heterocycles. The molecule has 1 fully saturated rings. The van der Waals surface area contributed by atoms with Gasteiger partial charge in [-0.25, -0.2) is 4.68 Å². The van der Waals surface area contributed by atoms with E-state index in [0.29, 0.717) is 5.82 Å². The molecule has 0 spiro atoms. The normalized spacial score (nSPS) is 17.6. The Balaban J connectivity index is 1.66. The van der Waals surface area contributed by atoms with Crippen molar-refractivity contribution in [1.82, 2.24) is 15.1 Å². The van der Waals surface area contributed by atoms with E-state index in [9.17, 15) is 14.7 Å². The van der Waals surface area contributed by atoms with Gasteiger partial charge in [-0.2, -0.15) is 5.10 Å². The molecular formula is C27H40N4O3. The van der Waals surface area contributed by atoms with Gasteiger partial charge in [0.25, 0.3) is 0 Å². The maximum Gasteiger partial charge on any atom is 0.249 e. The molecule has 1 aliphatic rings. The number of aromatic nitrogens is 2. The van der Waals surface area contributed by atoms with Gasteiger partial charge in [0, 0.05) is 6.07 Å². The van der Waals surface area contributed by atoms with Gasteiger partial charge in [0.05, 0.1) is 11.2 Å². The number of hydrogen-bond acceptors (Lipinski definition) is 4. The van der Waals surface area contributed by atoms with E-state index in [-0.39, 0.29) is 23.3 Å². The summed E-state index contributed by atoms with van der Waals surface area (Å²) < 4.78 is 1.82. The number of amides is 2. The molecule has 3 atom stereocenters. The van der Waals surface area contributed by atoms with Crippen LogP contribution in [0.3, 0.4) is 0 Å². The van der Waals surface area contributed by atoms with Crippen molar-refractivity contribution in [3.8, 4) is 0 Å². The van der Waals surface area contributed by atoms with Gasteiger partial charge in [0.2, 0.25) is 11.8 Å². The molecule has 1 heterocycles. The summed E-state index contributed by atoms with van der Waals surface area (Å²) in [5.41, 5.74) is 1.80. The first-order valence-electron chi connectivity index (χ1n) is 12.5. The third-order valence-electron chi connectivity index (χ3n) is 6.65. The smallest absolute Gasteiger partial charge is 0.249 e. The van der Waals surface area contributed by atoms with Crippen LogP contribution in [0.25, 0.3) is 0 Å². The van der Waals surface area contributed by atoms with Gasteiger partial charge >= 0.3 is 0 Å². The fourth-order valence-corrected chi connectivity index (χ4v) is 4.61. The SMILES string of the molecule is CC(NC(=O)C(O)C1CCCCC1)C(=O)Nc1cc(CC(C)c2ccccc2)nn1C(C)(C)C. The highest BCUT2D eigenvalue weighted by atomic mass is 16.3. The van der Waals surface area contributed by atoms with Crippen molar-refractivity contribution >= 4 is 17.6 Å². The number of rotatable bonds is 8. The first kappa shape index (κ1) is 25.9. The van der Waals surface area contributed by atoms with E-state index in [2.05, 4.69) is 29.7 Å². The molecule has 3 rings (SSSR count). The molecule has 0 aliphatic heterocycles. The highest BCUT2D eigenvalue weighted by Gasteiger charge is 2.30. The maximum atomic E-state index is 12.9. The molecule has 2 aromatic rings. The zero-order valence-corrected chi connectivity index (χ0v) is 21.2. The van der Waals surface area contributed by atoms with E-state index in [1.807, 2.05) is 49.7 Å². The van der Waals surface area contributed by atoms with Crippen LogP contribution < -0.4 is 10.6 Å². The summed E-state index contributed by atoms with van der Waals surface area (Å²) in [5, 5.41) is 20.8. The van der Waals surface area contributed by atoms with E-state index in [0.717, 1.165) is 44.2 Å². The lowest BCUT2D eigenvalue weighted by Gasteiger charge is -2.27. The topological polar surface area (TPSA) is 96.2 Å². The van der Waals surface area contributed by atoms with Gasteiger partial charge in [-0.15, -0.1) is 0 Å². The Morgan fingerprint density at radius 1 is 1.09 bits per heavy atom. The van der Waals surface area contributed by atoms with Crippen molar-refractivity contribution in [3.63, 3.8) is 0 Å². The Labute approximate surface area is 203 Å². The third kappa shape index (κ3) is 6.69. The second-order valence-corrected chi connectivity index (χ2v) is 10.7. The fourth-order valence-electron chi connectivity index (χ4n) is 4.61. The quantitative estimate of drug-likeness (QED) is 0.536. The van der Waals surface area contributed by atoms with Gasteiger partial charge in [0.1, 0.15) is 18.0 Å². The van der Waals surface area contributed by atoms with Crippen LogP contribution in [0.4, 0.5) is 5.82 Å². The minimum Gasteiger partial charge on any atom is -0.383 e. The zero-order valence-electron chi connectivity index (χ0n) is 21.2. The predicted octanol–water partition coefficient (Wildman–Crippen LogP) is 4.37. The lowest BCUT2D eigenvalue weighted by atomic mass is 9.85. The predicted molar refractivity (Wildman–Crippen MR) is 135 cm³/mol. The number of carbonyl (C=O) groups is 2. The standard InChI is InChI=1S/C27H40N4O3/c1-18(20-12-8-6-9-13-20)16-22-17-23(31(30-22)27(3,4)5)29-25(33)19(2)28-26(34)24(32)21-14-10-7-11-15-21/h6,8-9,12-13,17-19,21,24,32H,7,10-11,14-16H2,1-5H3,(H,28,34)(H,29,33). The van der Waals surface area contributed by atoms with E-state index < -0.39 is 18.1 Å². The number of hydrogen-bond donors (Lipinski definition) is 3. The van der Waals surface area contributed by atoms with E-state index in [1.165, 1.54) is 5.56 Å². The van der Waals surface area contributed by atoms with Crippen molar-refractivity contribution in [2.45, 2.75) is 96.7 Å². The van der Waals surface area contributed by atoms with Crippen molar-refractivity contribution < 1.29 is 14.7 Å². The second-order valence-electron chi connectivity index (χ2n) is 10.7. The van der Waals surface area contributed by atoms with Crippen molar-refractivity contribution in [1.29, 1.82) is 0 Å². The first-order chi connectivity index (χ1) is 16.1. The number of aliphatic hydroxyl groups is 1. The van der Waals surface area contributed by atoms with Crippen LogP contribution in [-0.4, -0.2) is 38.8 Å². The van der Waals surface area contributed by atoms with E-state index in [4.69, 9.17) is 5.10 Å². The maximum absolute atomic E-state index is 12.9. The largest absolute Gasteiger partial charge is 0.383 e. The molecule has 1 aliphatic carbocycles. The highest BCUT2D eigenvalue weighted by molar-refractivity contribution is 5.97. The average Bonchev–Trinajstić information content (AvgIpc) is 3.22. The molecule has 0 bridgehead atoms. The second kappa shape index (κ2) is 11.2. The molecule has 0 radical (unpaired) electrons. The summed E-state index contributed by atoms with van der Waals surface area (Å²) in [4.78, 5) is 25.5. The Kier molecular flexibility index (Phi) is 8.52.